The fourth-order valence-corrected chi connectivity index (χ4v) is 4.40. The van der Waals surface area contributed by atoms with Gasteiger partial charge in [0.05, 0.1) is 11.5 Å². The topological polar surface area (TPSA) is 120 Å². The third-order valence-corrected chi connectivity index (χ3v) is 6.29. The predicted molar refractivity (Wildman–Crippen MR) is 105 cm³/mol. The largest absolute Gasteiger partial charge is 0.466 e. The van der Waals surface area contributed by atoms with E-state index in [1.807, 2.05) is 0 Å². The van der Waals surface area contributed by atoms with Gasteiger partial charge < -0.3 is 10.1 Å². The van der Waals surface area contributed by atoms with Crippen molar-refractivity contribution in [1.82, 2.24) is 14.2 Å². The normalized spacial score (nSPS) is 14.7. The standard InChI is InChI=1S/C19H24N4O5S/c1-2-28-19(25)12-17-20-13-23(22-17)29(26,27)16-9-7-15(8-10-16)21-18(24)11-14-5-3-4-6-14/h7-10,13-14H,2-6,11-12H2,1H3,(H,21,24). The Morgan fingerprint density at radius 2 is 1.90 bits per heavy atom. The van der Waals surface area contributed by atoms with Crippen molar-refractivity contribution < 1.29 is 22.7 Å². The number of ether oxygens (including phenoxy) is 1. The van der Waals surface area contributed by atoms with Gasteiger partial charge in [-0.15, -0.1) is 9.19 Å². The van der Waals surface area contributed by atoms with Gasteiger partial charge in [-0.2, -0.15) is 8.42 Å². The van der Waals surface area contributed by atoms with Gasteiger partial charge in [0.15, 0.2) is 5.82 Å². The molecule has 0 bridgehead atoms. The van der Waals surface area contributed by atoms with Gasteiger partial charge in [0.25, 0.3) is 10.0 Å². The van der Waals surface area contributed by atoms with E-state index in [-0.39, 0.29) is 29.7 Å². The first kappa shape index (κ1) is 21.0. The molecule has 1 fully saturated rings. The summed E-state index contributed by atoms with van der Waals surface area (Å²) < 4.78 is 30.9. The summed E-state index contributed by atoms with van der Waals surface area (Å²) in [5.74, 6) is -0.0960. The van der Waals surface area contributed by atoms with Gasteiger partial charge in [0.1, 0.15) is 12.7 Å². The van der Waals surface area contributed by atoms with Crippen molar-refractivity contribution in [3.8, 4) is 0 Å². The maximum absolute atomic E-state index is 12.7. The van der Waals surface area contributed by atoms with Crippen molar-refractivity contribution in [2.24, 2.45) is 5.92 Å². The van der Waals surface area contributed by atoms with Gasteiger partial charge in [0.2, 0.25) is 5.91 Å². The number of amides is 1. The summed E-state index contributed by atoms with van der Waals surface area (Å²) >= 11 is 0. The minimum absolute atomic E-state index is 0.00104. The van der Waals surface area contributed by atoms with Crippen LogP contribution in [0.25, 0.3) is 0 Å². The first-order valence-electron chi connectivity index (χ1n) is 9.60. The lowest BCUT2D eigenvalue weighted by atomic mass is 10.0. The Morgan fingerprint density at radius 3 is 2.55 bits per heavy atom. The molecule has 0 spiro atoms. The Balaban J connectivity index is 1.64. The summed E-state index contributed by atoms with van der Waals surface area (Å²) in [6.45, 7) is 1.90. The second-order valence-electron chi connectivity index (χ2n) is 6.95. The van der Waals surface area contributed by atoms with Gasteiger partial charge in [-0.3, -0.25) is 9.59 Å². The molecule has 1 N–H and O–H groups in total. The summed E-state index contributed by atoms with van der Waals surface area (Å²) in [7, 11) is -3.95. The third-order valence-electron chi connectivity index (χ3n) is 4.76. The second-order valence-corrected chi connectivity index (χ2v) is 8.74. The van der Waals surface area contributed by atoms with Crippen LogP contribution < -0.4 is 5.32 Å². The molecule has 2 aromatic rings. The molecule has 1 aromatic heterocycles. The Morgan fingerprint density at radius 1 is 1.21 bits per heavy atom. The highest BCUT2D eigenvalue weighted by molar-refractivity contribution is 7.89. The number of rotatable bonds is 8. The summed E-state index contributed by atoms with van der Waals surface area (Å²) in [5.41, 5.74) is 0.536. The molecule has 1 amide bonds. The quantitative estimate of drug-likeness (QED) is 0.650. The molecule has 0 unspecified atom stereocenters. The fourth-order valence-electron chi connectivity index (χ4n) is 3.33. The highest BCUT2D eigenvalue weighted by atomic mass is 32.2. The molecular weight excluding hydrogens is 396 g/mol. The average molecular weight is 420 g/mol. The molecule has 0 aliphatic heterocycles. The molecule has 9 nitrogen and oxygen atoms in total. The van der Waals surface area contributed by atoms with Crippen molar-refractivity contribution in [3.05, 3.63) is 36.4 Å². The average Bonchev–Trinajstić information content (AvgIpc) is 3.34. The number of benzene rings is 1. The fraction of sp³-hybridized carbons (Fsp3) is 0.474. The smallest absolute Gasteiger partial charge is 0.313 e. The van der Waals surface area contributed by atoms with E-state index < -0.39 is 16.0 Å². The van der Waals surface area contributed by atoms with Gasteiger partial charge in [-0.05, 0) is 49.9 Å². The number of carbonyl (C=O) groups is 2. The van der Waals surface area contributed by atoms with Gasteiger partial charge in [-0.1, -0.05) is 12.8 Å². The van der Waals surface area contributed by atoms with Gasteiger partial charge in [0, 0.05) is 12.1 Å². The molecular formula is C19H24N4O5S. The number of hydrogen-bond donors (Lipinski definition) is 1. The number of carbonyl (C=O) groups excluding carboxylic acids is 2. The third kappa shape index (κ3) is 5.41. The second kappa shape index (κ2) is 9.17. The van der Waals surface area contributed by atoms with Crippen molar-refractivity contribution in [2.75, 3.05) is 11.9 Å². The van der Waals surface area contributed by atoms with Crippen LogP contribution in [0.2, 0.25) is 0 Å². The van der Waals surface area contributed by atoms with E-state index in [4.69, 9.17) is 4.74 Å². The minimum atomic E-state index is -3.95. The number of nitrogens with zero attached hydrogens (tertiary/aromatic N) is 3. The van der Waals surface area contributed by atoms with E-state index in [2.05, 4.69) is 15.4 Å². The van der Waals surface area contributed by atoms with Crippen LogP contribution in [-0.4, -0.2) is 41.1 Å². The van der Waals surface area contributed by atoms with Crippen LogP contribution in [0, 0.1) is 5.92 Å². The summed E-state index contributed by atoms with van der Waals surface area (Å²) in [4.78, 5) is 27.4. The molecule has 1 saturated carbocycles. The van der Waals surface area contributed by atoms with Crippen LogP contribution in [0.5, 0.6) is 0 Å². The van der Waals surface area contributed by atoms with E-state index in [0.29, 0.717) is 18.0 Å². The summed E-state index contributed by atoms with van der Waals surface area (Å²) in [5, 5.41) is 6.66. The molecule has 1 heterocycles. The Hall–Kier alpha value is -2.75. The van der Waals surface area contributed by atoms with Crippen LogP contribution >= 0.6 is 0 Å². The zero-order valence-electron chi connectivity index (χ0n) is 16.2. The first-order valence-corrected chi connectivity index (χ1v) is 11.0. The van der Waals surface area contributed by atoms with Crippen molar-refractivity contribution in [1.29, 1.82) is 0 Å². The molecule has 29 heavy (non-hydrogen) atoms. The van der Waals surface area contributed by atoms with Crippen molar-refractivity contribution in [3.63, 3.8) is 0 Å². The predicted octanol–water partition coefficient (Wildman–Crippen LogP) is 2.14. The molecule has 1 aromatic carbocycles. The summed E-state index contributed by atoms with van der Waals surface area (Å²) in [6, 6.07) is 5.87. The van der Waals surface area contributed by atoms with Crippen LogP contribution in [0.1, 0.15) is 44.9 Å². The summed E-state index contributed by atoms with van der Waals surface area (Å²) in [6.07, 6.45) is 5.84. The molecule has 1 aliphatic carbocycles. The van der Waals surface area contributed by atoms with Crippen LogP contribution in [-0.2, 0) is 30.8 Å². The van der Waals surface area contributed by atoms with Crippen LogP contribution in [0.4, 0.5) is 5.69 Å². The zero-order valence-corrected chi connectivity index (χ0v) is 17.0. The molecule has 156 valence electrons. The van der Waals surface area contributed by atoms with Crippen molar-refractivity contribution >= 4 is 27.6 Å². The highest BCUT2D eigenvalue weighted by Gasteiger charge is 2.21. The molecule has 10 heteroatoms. The lowest BCUT2D eigenvalue weighted by molar-refractivity contribution is -0.142. The van der Waals surface area contributed by atoms with E-state index >= 15 is 0 Å². The number of anilines is 1. The Labute approximate surface area is 169 Å². The molecule has 0 atom stereocenters. The van der Waals surface area contributed by atoms with E-state index in [1.165, 1.54) is 37.1 Å². The van der Waals surface area contributed by atoms with E-state index in [1.54, 1.807) is 6.92 Å². The lowest BCUT2D eigenvalue weighted by Gasteiger charge is -2.10. The van der Waals surface area contributed by atoms with Crippen molar-refractivity contribution in [2.45, 2.75) is 50.3 Å². The maximum atomic E-state index is 12.7. The number of hydrogen-bond acceptors (Lipinski definition) is 7. The molecule has 0 radical (unpaired) electrons. The Bertz CT molecular complexity index is 963. The number of esters is 1. The molecule has 0 saturated heterocycles. The number of aromatic nitrogens is 3. The van der Waals surface area contributed by atoms with E-state index in [9.17, 15) is 18.0 Å². The first-order chi connectivity index (χ1) is 13.9. The number of nitrogens with one attached hydrogen (secondary N) is 1. The van der Waals surface area contributed by atoms with Gasteiger partial charge >= 0.3 is 5.97 Å². The minimum Gasteiger partial charge on any atom is -0.466 e. The van der Waals surface area contributed by atoms with E-state index in [0.717, 1.165) is 23.3 Å². The molecule has 1 aliphatic rings. The maximum Gasteiger partial charge on any atom is 0.313 e. The van der Waals surface area contributed by atoms with Gasteiger partial charge in [-0.25, -0.2) is 4.98 Å². The zero-order chi connectivity index (χ0) is 20.9. The monoisotopic (exact) mass is 420 g/mol. The molecule has 3 rings (SSSR count). The van der Waals surface area contributed by atoms with Crippen LogP contribution in [0.3, 0.4) is 0 Å². The SMILES string of the molecule is CCOC(=O)Cc1ncn(S(=O)(=O)c2ccc(NC(=O)CC3CCCC3)cc2)n1. The van der Waals surface area contributed by atoms with Crippen LogP contribution in [0.15, 0.2) is 35.5 Å². The lowest BCUT2D eigenvalue weighted by Crippen LogP contribution is -2.16. The highest BCUT2D eigenvalue weighted by Crippen LogP contribution is 2.28. The Kier molecular flexibility index (Phi) is 6.63.